The standard InChI is InChI=1S/C31H33F7N4O3S/c1-18-11-23(32)7-8-24(18)25-15-27(42-10-9-41(17-19(42)2)46(6,44)45)39-16-26(25)40(5)28(43)29(3,4)20-12-21(30(33,34)35)14-22(13-20)31(36,37)38/h7-8,11-16,19H,9-10,17H2,1-6H3. The summed E-state index contributed by atoms with van der Waals surface area (Å²) in [5.41, 5.74) is -3.90. The molecule has 1 aliphatic heterocycles. The van der Waals surface area contributed by atoms with Gasteiger partial charge in [-0.2, -0.15) is 30.6 Å². The fourth-order valence-electron chi connectivity index (χ4n) is 5.54. The molecule has 0 saturated carbocycles. The minimum Gasteiger partial charge on any atom is -0.351 e. The maximum absolute atomic E-state index is 14.1. The number of amides is 1. The van der Waals surface area contributed by atoms with Crippen molar-refractivity contribution in [3.8, 4) is 11.1 Å². The van der Waals surface area contributed by atoms with Crippen LogP contribution in [0.25, 0.3) is 11.1 Å². The van der Waals surface area contributed by atoms with E-state index < -0.39 is 56.2 Å². The van der Waals surface area contributed by atoms with Crippen molar-refractivity contribution in [1.82, 2.24) is 9.29 Å². The summed E-state index contributed by atoms with van der Waals surface area (Å²) in [6, 6.07) is 6.39. The van der Waals surface area contributed by atoms with Crippen LogP contribution < -0.4 is 9.80 Å². The molecule has 1 aromatic heterocycles. The third kappa shape index (κ3) is 7.14. The van der Waals surface area contributed by atoms with Crippen LogP contribution in [-0.4, -0.2) is 62.6 Å². The van der Waals surface area contributed by atoms with Gasteiger partial charge in [-0.1, -0.05) is 6.07 Å². The lowest BCUT2D eigenvalue weighted by molar-refractivity contribution is -0.143. The second-order valence-corrected chi connectivity index (χ2v) is 13.9. The molecule has 1 atom stereocenters. The minimum absolute atomic E-state index is 0.00255. The molecule has 1 unspecified atom stereocenters. The Morgan fingerprint density at radius 1 is 0.913 bits per heavy atom. The molecule has 0 N–H and O–H groups in total. The van der Waals surface area contributed by atoms with Gasteiger partial charge in [-0.3, -0.25) is 4.79 Å². The van der Waals surface area contributed by atoms with Gasteiger partial charge in [-0.25, -0.2) is 17.8 Å². The number of halogens is 7. The lowest BCUT2D eigenvalue weighted by atomic mass is 9.81. The van der Waals surface area contributed by atoms with Gasteiger partial charge in [0.05, 0.1) is 34.7 Å². The van der Waals surface area contributed by atoms with E-state index in [4.69, 9.17) is 0 Å². The van der Waals surface area contributed by atoms with E-state index >= 15 is 0 Å². The van der Waals surface area contributed by atoms with Crippen LogP contribution in [0.1, 0.15) is 43.0 Å². The molecule has 4 rings (SSSR count). The van der Waals surface area contributed by atoms with Gasteiger partial charge in [0, 0.05) is 38.3 Å². The summed E-state index contributed by atoms with van der Waals surface area (Å²) in [6.07, 6.45) is -7.73. The lowest BCUT2D eigenvalue weighted by Gasteiger charge is -2.40. The van der Waals surface area contributed by atoms with Gasteiger partial charge in [0.2, 0.25) is 15.9 Å². The normalized spacial score (nSPS) is 16.9. The number of aryl methyl sites for hydroxylation is 1. The fourth-order valence-corrected chi connectivity index (χ4v) is 6.44. The molecule has 2 aromatic carbocycles. The van der Waals surface area contributed by atoms with Gasteiger partial charge in [-0.15, -0.1) is 0 Å². The van der Waals surface area contributed by atoms with E-state index in [-0.39, 0.29) is 30.9 Å². The molecule has 0 radical (unpaired) electrons. The number of alkyl halides is 6. The average Bonchev–Trinajstić information content (AvgIpc) is 2.94. The number of anilines is 2. The highest BCUT2D eigenvalue weighted by Gasteiger charge is 2.41. The van der Waals surface area contributed by atoms with Crippen molar-refractivity contribution in [2.45, 2.75) is 51.5 Å². The summed E-state index contributed by atoms with van der Waals surface area (Å²) in [6.45, 7) is 6.60. The summed E-state index contributed by atoms with van der Waals surface area (Å²) < 4.78 is 121. The molecule has 7 nitrogen and oxygen atoms in total. The zero-order chi connectivity index (χ0) is 34.6. The number of benzene rings is 2. The van der Waals surface area contributed by atoms with Gasteiger partial charge in [-0.05, 0) is 80.8 Å². The van der Waals surface area contributed by atoms with E-state index in [0.717, 1.165) is 11.2 Å². The first kappa shape index (κ1) is 35.1. The summed E-state index contributed by atoms with van der Waals surface area (Å²) in [4.78, 5) is 21.5. The predicted octanol–water partition coefficient (Wildman–Crippen LogP) is 6.64. The quantitative estimate of drug-likeness (QED) is 0.274. The van der Waals surface area contributed by atoms with Crippen LogP contribution in [0.15, 0.2) is 48.7 Å². The van der Waals surface area contributed by atoms with Crippen molar-refractivity contribution in [1.29, 1.82) is 0 Å². The molecule has 0 spiro atoms. The van der Waals surface area contributed by atoms with Crippen molar-refractivity contribution < 1.29 is 43.9 Å². The first-order valence-electron chi connectivity index (χ1n) is 14.1. The maximum atomic E-state index is 14.1. The Labute approximate surface area is 262 Å². The third-order valence-corrected chi connectivity index (χ3v) is 9.48. The van der Waals surface area contributed by atoms with Crippen molar-refractivity contribution in [2.24, 2.45) is 0 Å². The molecule has 1 saturated heterocycles. The van der Waals surface area contributed by atoms with E-state index in [2.05, 4.69) is 4.98 Å². The van der Waals surface area contributed by atoms with E-state index in [1.807, 2.05) is 11.8 Å². The van der Waals surface area contributed by atoms with Gasteiger partial charge >= 0.3 is 12.4 Å². The molecular weight excluding hydrogens is 641 g/mol. The van der Waals surface area contributed by atoms with E-state index in [1.165, 1.54) is 49.6 Å². The molecule has 0 aliphatic carbocycles. The van der Waals surface area contributed by atoms with E-state index in [1.54, 1.807) is 13.0 Å². The fraction of sp³-hybridized carbons (Fsp3) is 0.419. The molecule has 15 heteroatoms. The number of nitrogens with zero attached hydrogens (tertiary/aromatic N) is 4. The Bertz CT molecular complexity index is 1730. The number of aromatic nitrogens is 1. The van der Waals surface area contributed by atoms with Gasteiger partial charge < -0.3 is 9.80 Å². The Morgan fingerprint density at radius 2 is 1.48 bits per heavy atom. The number of carbonyl (C=O) groups is 1. The van der Waals surface area contributed by atoms with Crippen molar-refractivity contribution in [2.75, 3.05) is 42.7 Å². The molecule has 1 aliphatic rings. The van der Waals surface area contributed by atoms with Crippen molar-refractivity contribution >= 4 is 27.4 Å². The number of carbonyl (C=O) groups excluding carboxylic acids is 1. The zero-order valence-corrected chi connectivity index (χ0v) is 26.7. The second kappa shape index (κ2) is 12.1. The summed E-state index contributed by atoms with van der Waals surface area (Å²) >= 11 is 0. The highest BCUT2D eigenvalue weighted by molar-refractivity contribution is 7.88. The van der Waals surface area contributed by atoms with Crippen LogP contribution in [0.2, 0.25) is 0 Å². The highest BCUT2D eigenvalue weighted by atomic mass is 32.2. The second-order valence-electron chi connectivity index (χ2n) is 12.0. The third-order valence-electron chi connectivity index (χ3n) is 8.21. The topological polar surface area (TPSA) is 73.8 Å². The van der Waals surface area contributed by atoms with Crippen molar-refractivity contribution in [3.63, 3.8) is 0 Å². The summed E-state index contributed by atoms with van der Waals surface area (Å²) in [7, 11) is -2.10. The lowest BCUT2D eigenvalue weighted by Crippen LogP contribution is -2.53. The first-order chi connectivity index (χ1) is 21.0. The number of rotatable bonds is 6. The maximum Gasteiger partial charge on any atom is 0.416 e. The molecule has 250 valence electrons. The number of hydrogen-bond acceptors (Lipinski definition) is 5. The van der Waals surface area contributed by atoms with Crippen LogP contribution in [0.4, 0.5) is 42.2 Å². The molecule has 1 amide bonds. The Morgan fingerprint density at radius 3 is 1.98 bits per heavy atom. The van der Waals surface area contributed by atoms with Crippen LogP contribution in [0.3, 0.4) is 0 Å². The largest absolute Gasteiger partial charge is 0.416 e. The Balaban J connectivity index is 1.81. The Kier molecular flexibility index (Phi) is 9.27. The molecule has 0 bridgehead atoms. The highest BCUT2D eigenvalue weighted by Crippen LogP contribution is 2.41. The molecule has 1 fully saturated rings. The Hall–Kier alpha value is -3.72. The van der Waals surface area contributed by atoms with Crippen molar-refractivity contribution in [3.05, 3.63) is 76.7 Å². The monoisotopic (exact) mass is 674 g/mol. The number of hydrogen-bond donors (Lipinski definition) is 0. The minimum atomic E-state index is -5.10. The average molecular weight is 675 g/mol. The van der Waals surface area contributed by atoms with Crippen LogP contribution in [0.5, 0.6) is 0 Å². The van der Waals surface area contributed by atoms with Gasteiger partial charge in [0.15, 0.2) is 0 Å². The first-order valence-corrected chi connectivity index (χ1v) is 15.9. The summed E-state index contributed by atoms with van der Waals surface area (Å²) in [5, 5.41) is 0. The number of piperazine rings is 1. The summed E-state index contributed by atoms with van der Waals surface area (Å²) in [5.74, 6) is -0.917. The SMILES string of the molecule is Cc1cc(F)ccc1-c1cc(N2CCN(S(C)(=O)=O)CC2C)ncc1N(C)C(=O)C(C)(C)c1cc(C(F)(F)F)cc(C(F)(F)F)c1. The van der Waals surface area contributed by atoms with Crippen LogP contribution >= 0.6 is 0 Å². The molecule has 2 heterocycles. The van der Waals surface area contributed by atoms with E-state index in [9.17, 15) is 43.9 Å². The number of pyridine rings is 1. The molecule has 3 aromatic rings. The van der Waals surface area contributed by atoms with Crippen LogP contribution in [-0.2, 0) is 32.6 Å². The van der Waals surface area contributed by atoms with Gasteiger partial charge in [0.25, 0.3) is 0 Å². The number of likely N-dealkylation sites (N-methyl/N-ethyl adjacent to an activating group) is 1. The molecular formula is C31H33F7N4O3S. The zero-order valence-electron chi connectivity index (χ0n) is 25.9. The predicted molar refractivity (Wildman–Crippen MR) is 160 cm³/mol. The van der Waals surface area contributed by atoms with E-state index in [0.29, 0.717) is 41.2 Å². The smallest absolute Gasteiger partial charge is 0.351 e. The van der Waals surface area contributed by atoms with Gasteiger partial charge in [0.1, 0.15) is 11.6 Å². The molecule has 46 heavy (non-hydrogen) atoms. The van der Waals surface area contributed by atoms with Crippen LogP contribution in [0, 0.1) is 12.7 Å². The number of sulfonamides is 1.